The maximum atomic E-state index is 11.5. The number of hydrogen-bond acceptors (Lipinski definition) is 5. The van der Waals surface area contributed by atoms with Gasteiger partial charge in [0.05, 0.1) is 29.2 Å². The Morgan fingerprint density at radius 2 is 1.88 bits per heavy atom. The monoisotopic (exact) mass is 381 g/mol. The van der Waals surface area contributed by atoms with E-state index in [1.165, 1.54) is 4.88 Å². The summed E-state index contributed by atoms with van der Waals surface area (Å²) in [5, 5.41) is 7.48. The highest BCUT2D eigenvalue weighted by Crippen LogP contribution is 2.17. The fourth-order valence-electron chi connectivity index (χ4n) is 2.27. The molecule has 3 N–H and O–H groups in total. The first-order valence-electron chi connectivity index (χ1n) is 7.71. The second-order valence-electron chi connectivity index (χ2n) is 5.55. The summed E-state index contributed by atoms with van der Waals surface area (Å²) in [4.78, 5) is 9.77. The first-order chi connectivity index (χ1) is 11.8. The molecule has 2 rings (SSSR count). The van der Waals surface area contributed by atoms with Crippen LogP contribution in [0.5, 0.6) is 0 Å². The molecule has 0 aliphatic rings. The summed E-state index contributed by atoms with van der Waals surface area (Å²) in [6.45, 7) is 5.06. The molecule has 9 heteroatoms. The Hall–Kier alpha value is -2.13. The molecule has 1 aromatic carbocycles. The molecule has 0 spiro atoms. The van der Waals surface area contributed by atoms with Crippen LogP contribution < -0.4 is 15.4 Å². The van der Waals surface area contributed by atoms with Gasteiger partial charge in [-0.15, -0.1) is 11.3 Å². The molecule has 0 saturated heterocycles. The van der Waals surface area contributed by atoms with Crippen LogP contribution in [0.15, 0.2) is 29.3 Å². The highest BCUT2D eigenvalue weighted by molar-refractivity contribution is 7.92. The largest absolute Gasteiger partial charge is 0.352 e. The lowest BCUT2D eigenvalue weighted by Crippen LogP contribution is -2.36. The van der Waals surface area contributed by atoms with Gasteiger partial charge in [-0.05, 0) is 25.5 Å². The summed E-state index contributed by atoms with van der Waals surface area (Å²) in [7, 11) is -1.63. The van der Waals surface area contributed by atoms with E-state index < -0.39 is 10.0 Å². The maximum absolute atomic E-state index is 11.5. The predicted molar refractivity (Wildman–Crippen MR) is 104 cm³/mol. The Morgan fingerprint density at radius 1 is 1.20 bits per heavy atom. The number of nitrogens with one attached hydrogen (secondary N) is 3. The zero-order chi connectivity index (χ0) is 18.4. The highest BCUT2D eigenvalue weighted by Gasteiger charge is 2.09. The summed E-state index contributed by atoms with van der Waals surface area (Å²) in [6, 6.07) is 7.26. The van der Waals surface area contributed by atoms with Crippen LogP contribution >= 0.6 is 11.3 Å². The van der Waals surface area contributed by atoms with Crippen LogP contribution in [0.25, 0.3) is 0 Å². The predicted octanol–water partition coefficient (Wildman–Crippen LogP) is 2.00. The summed E-state index contributed by atoms with van der Waals surface area (Å²) < 4.78 is 25.5. The minimum Gasteiger partial charge on any atom is -0.352 e. The van der Waals surface area contributed by atoms with E-state index in [9.17, 15) is 8.42 Å². The lowest BCUT2D eigenvalue weighted by atomic mass is 10.2. The topological polar surface area (TPSA) is 95.5 Å². The first-order valence-corrected chi connectivity index (χ1v) is 10.4. The van der Waals surface area contributed by atoms with Crippen molar-refractivity contribution in [3.8, 4) is 0 Å². The van der Waals surface area contributed by atoms with E-state index in [0.717, 1.165) is 22.5 Å². The van der Waals surface area contributed by atoms with Gasteiger partial charge in [-0.25, -0.2) is 13.4 Å². The normalized spacial score (nSPS) is 12.1. The molecule has 7 nitrogen and oxygen atoms in total. The lowest BCUT2D eigenvalue weighted by molar-refractivity contribution is 0.606. The van der Waals surface area contributed by atoms with Crippen LogP contribution in [0.2, 0.25) is 0 Å². The average Bonchev–Trinajstić information content (AvgIpc) is 2.85. The van der Waals surface area contributed by atoms with Gasteiger partial charge in [0.1, 0.15) is 0 Å². The third-order valence-corrected chi connectivity index (χ3v) is 5.06. The van der Waals surface area contributed by atoms with Crippen LogP contribution in [-0.4, -0.2) is 32.7 Å². The van der Waals surface area contributed by atoms with E-state index in [1.54, 1.807) is 30.5 Å². The van der Waals surface area contributed by atoms with E-state index in [1.807, 2.05) is 26.0 Å². The zero-order valence-corrected chi connectivity index (χ0v) is 16.4. The number of benzene rings is 1. The molecule has 0 aliphatic heterocycles. The van der Waals surface area contributed by atoms with E-state index in [4.69, 9.17) is 0 Å². The smallest absolute Gasteiger partial charge is 0.229 e. The van der Waals surface area contributed by atoms with Crippen molar-refractivity contribution < 1.29 is 8.42 Å². The lowest BCUT2D eigenvalue weighted by Gasteiger charge is -2.14. The van der Waals surface area contributed by atoms with E-state index in [0.29, 0.717) is 24.7 Å². The maximum Gasteiger partial charge on any atom is 0.229 e. The Morgan fingerprint density at radius 3 is 2.48 bits per heavy atom. The first kappa shape index (κ1) is 19.2. The summed E-state index contributed by atoms with van der Waals surface area (Å²) in [6.07, 6.45) is 1.14. The number of sulfonamides is 1. The fourth-order valence-corrected chi connectivity index (χ4v) is 3.75. The second kappa shape index (κ2) is 8.30. The van der Waals surface area contributed by atoms with Gasteiger partial charge in [-0.2, -0.15) is 0 Å². The number of para-hydroxylation sites is 1. The van der Waals surface area contributed by atoms with Gasteiger partial charge in [0.2, 0.25) is 10.0 Å². The zero-order valence-electron chi connectivity index (χ0n) is 14.8. The Bertz CT molecular complexity index is 859. The molecule has 0 radical (unpaired) electrons. The minimum atomic E-state index is -3.32. The van der Waals surface area contributed by atoms with Crippen molar-refractivity contribution in [3.05, 3.63) is 45.4 Å². The number of thiazole rings is 1. The van der Waals surface area contributed by atoms with Gasteiger partial charge in [-0.3, -0.25) is 9.71 Å². The molecule has 0 bridgehead atoms. The fraction of sp³-hybridized carbons (Fsp3) is 0.375. The number of hydrogen-bond donors (Lipinski definition) is 3. The number of aromatic nitrogens is 1. The molecule has 0 fully saturated rings. The van der Waals surface area contributed by atoms with E-state index in [-0.39, 0.29) is 0 Å². The standard InChI is InChI=1S/C16H23N5O2S2/c1-11-15(24-12(2)20-11)10-19-16(17-3)18-9-13-7-5-6-8-14(13)21-25(4,22)23/h5-8,21H,9-10H2,1-4H3,(H2,17,18,19). The molecular weight excluding hydrogens is 358 g/mol. The van der Waals surface area contributed by atoms with E-state index >= 15 is 0 Å². The number of anilines is 1. The second-order valence-corrected chi connectivity index (χ2v) is 8.59. The van der Waals surface area contributed by atoms with E-state index in [2.05, 4.69) is 25.3 Å². The molecule has 1 heterocycles. The summed E-state index contributed by atoms with van der Waals surface area (Å²) >= 11 is 1.66. The summed E-state index contributed by atoms with van der Waals surface area (Å²) in [5.41, 5.74) is 2.41. The molecule has 0 atom stereocenters. The summed E-state index contributed by atoms with van der Waals surface area (Å²) in [5.74, 6) is 0.639. The minimum absolute atomic E-state index is 0.444. The molecule has 0 unspecified atom stereocenters. The van der Waals surface area contributed by atoms with Crippen LogP contribution in [0.4, 0.5) is 5.69 Å². The van der Waals surface area contributed by atoms with Crippen molar-refractivity contribution in [2.75, 3.05) is 18.0 Å². The SMILES string of the molecule is CN=C(NCc1ccccc1NS(C)(=O)=O)NCc1sc(C)nc1C. The average molecular weight is 382 g/mol. The molecule has 0 saturated carbocycles. The number of guanidine groups is 1. The Balaban J connectivity index is 1.98. The van der Waals surface area contributed by atoms with Gasteiger partial charge in [0.25, 0.3) is 0 Å². The van der Waals surface area contributed by atoms with Gasteiger partial charge in [0, 0.05) is 18.5 Å². The van der Waals surface area contributed by atoms with Crippen molar-refractivity contribution in [1.82, 2.24) is 15.6 Å². The number of aryl methyl sites for hydroxylation is 2. The molecule has 0 aliphatic carbocycles. The van der Waals surface area contributed by atoms with Crippen LogP contribution in [0, 0.1) is 13.8 Å². The van der Waals surface area contributed by atoms with Crippen molar-refractivity contribution in [1.29, 1.82) is 0 Å². The molecule has 0 amide bonds. The molecule has 2 aromatic rings. The van der Waals surface area contributed by atoms with Crippen molar-refractivity contribution in [2.24, 2.45) is 4.99 Å². The number of rotatable bonds is 6. The molecule has 136 valence electrons. The van der Waals surface area contributed by atoms with Crippen molar-refractivity contribution in [2.45, 2.75) is 26.9 Å². The molecule has 1 aromatic heterocycles. The third-order valence-electron chi connectivity index (χ3n) is 3.40. The van der Waals surface area contributed by atoms with Crippen LogP contribution in [-0.2, 0) is 23.1 Å². The van der Waals surface area contributed by atoms with Crippen LogP contribution in [0.3, 0.4) is 0 Å². The van der Waals surface area contributed by atoms with Gasteiger partial charge in [0.15, 0.2) is 5.96 Å². The van der Waals surface area contributed by atoms with Crippen molar-refractivity contribution in [3.63, 3.8) is 0 Å². The molecular formula is C16H23N5O2S2. The number of nitrogens with zero attached hydrogens (tertiary/aromatic N) is 2. The number of aliphatic imine (C=N–C) groups is 1. The Kier molecular flexibility index (Phi) is 6.38. The highest BCUT2D eigenvalue weighted by atomic mass is 32.2. The quantitative estimate of drug-likeness (QED) is 0.525. The van der Waals surface area contributed by atoms with Gasteiger partial charge in [-0.1, -0.05) is 18.2 Å². The molecule has 25 heavy (non-hydrogen) atoms. The van der Waals surface area contributed by atoms with Gasteiger partial charge >= 0.3 is 0 Å². The van der Waals surface area contributed by atoms with Gasteiger partial charge < -0.3 is 10.6 Å². The third kappa shape index (κ3) is 6.02. The van der Waals surface area contributed by atoms with Crippen LogP contribution in [0.1, 0.15) is 21.1 Å². The van der Waals surface area contributed by atoms with Crippen molar-refractivity contribution >= 4 is 33.0 Å². The Labute approximate surface area is 152 Å².